The number of esters is 1. The molecule has 0 bridgehead atoms. The lowest BCUT2D eigenvalue weighted by Crippen LogP contribution is -2.39. The average molecular weight is 314 g/mol. The van der Waals surface area contributed by atoms with Crippen molar-refractivity contribution in [2.75, 3.05) is 19.0 Å². The van der Waals surface area contributed by atoms with Gasteiger partial charge in [-0.25, -0.2) is 14.6 Å². The van der Waals surface area contributed by atoms with Gasteiger partial charge in [0, 0.05) is 44.6 Å². The Labute approximate surface area is 133 Å². The summed E-state index contributed by atoms with van der Waals surface area (Å²) in [6.45, 7) is 1.25. The van der Waals surface area contributed by atoms with Crippen molar-refractivity contribution >= 4 is 17.8 Å². The fourth-order valence-corrected chi connectivity index (χ4v) is 2.69. The number of aryl methyl sites for hydroxylation is 1. The number of hydrogen-bond donors (Lipinski definition) is 1. The number of pyridine rings is 1. The van der Waals surface area contributed by atoms with E-state index in [9.17, 15) is 9.59 Å². The molecule has 1 aliphatic heterocycles. The molecule has 23 heavy (non-hydrogen) atoms. The van der Waals surface area contributed by atoms with Gasteiger partial charge in [0.1, 0.15) is 5.82 Å². The lowest BCUT2D eigenvalue weighted by Gasteiger charge is -2.27. The van der Waals surface area contributed by atoms with Gasteiger partial charge in [0.25, 0.3) is 0 Å². The Balaban J connectivity index is 1.64. The van der Waals surface area contributed by atoms with E-state index in [-0.39, 0.29) is 6.03 Å². The topological polar surface area (TPSA) is 76.5 Å². The summed E-state index contributed by atoms with van der Waals surface area (Å²) < 4.78 is 6.71. The van der Waals surface area contributed by atoms with Crippen molar-refractivity contribution in [1.82, 2.24) is 14.5 Å². The molecule has 3 heterocycles. The van der Waals surface area contributed by atoms with E-state index in [1.54, 1.807) is 17.0 Å². The highest BCUT2D eigenvalue weighted by molar-refractivity contribution is 5.91. The highest BCUT2D eigenvalue weighted by atomic mass is 16.5. The van der Waals surface area contributed by atoms with Crippen LogP contribution in [0.1, 0.15) is 21.6 Å². The highest BCUT2D eigenvalue weighted by Crippen LogP contribution is 2.20. The third-order valence-electron chi connectivity index (χ3n) is 3.98. The first-order valence-electron chi connectivity index (χ1n) is 7.32. The number of amides is 2. The number of carbonyl (C=O) groups is 2. The largest absolute Gasteiger partial charge is 0.465 e. The molecule has 2 aromatic rings. The van der Waals surface area contributed by atoms with Crippen molar-refractivity contribution in [3.8, 4) is 0 Å². The van der Waals surface area contributed by atoms with Gasteiger partial charge in [0.2, 0.25) is 0 Å². The van der Waals surface area contributed by atoms with E-state index in [0.717, 1.165) is 6.42 Å². The van der Waals surface area contributed by atoms with Crippen molar-refractivity contribution in [2.45, 2.75) is 13.0 Å². The Bertz CT molecular complexity index is 736. The molecule has 0 saturated heterocycles. The van der Waals surface area contributed by atoms with Gasteiger partial charge in [-0.05, 0) is 23.8 Å². The first kappa shape index (κ1) is 15.1. The van der Waals surface area contributed by atoms with Crippen molar-refractivity contribution < 1.29 is 14.3 Å². The molecule has 7 nitrogen and oxygen atoms in total. The van der Waals surface area contributed by atoms with Crippen molar-refractivity contribution in [3.05, 3.63) is 47.4 Å². The Morgan fingerprint density at radius 3 is 2.83 bits per heavy atom. The van der Waals surface area contributed by atoms with Crippen LogP contribution in [0.5, 0.6) is 0 Å². The van der Waals surface area contributed by atoms with Gasteiger partial charge >= 0.3 is 12.0 Å². The second-order valence-corrected chi connectivity index (χ2v) is 5.42. The normalized spacial score (nSPS) is 13.4. The Hall–Kier alpha value is -2.83. The number of fused-ring (bicyclic) bond motifs is 1. The molecular weight excluding hydrogens is 296 g/mol. The third kappa shape index (κ3) is 3.03. The SMILES string of the molecule is COC(=O)c1ccc(NC(=O)N2CCc3c(ccn3C)C2)nc1. The summed E-state index contributed by atoms with van der Waals surface area (Å²) in [4.78, 5) is 29.5. The molecule has 0 radical (unpaired) electrons. The number of urea groups is 1. The molecule has 0 spiro atoms. The van der Waals surface area contributed by atoms with Crippen LogP contribution in [0, 0.1) is 0 Å². The van der Waals surface area contributed by atoms with E-state index in [0.29, 0.717) is 24.5 Å². The maximum absolute atomic E-state index is 12.3. The number of hydrogen-bond acceptors (Lipinski definition) is 4. The molecule has 0 aromatic carbocycles. The van der Waals surface area contributed by atoms with Crippen LogP contribution in [-0.4, -0.2) is 40.1 Å². The molecule has 2 amide bonds. The number of nitrogens with one attached hydrogen (secondary N) is 1. The zero-order valence-corrected chi connectivity index (χ0v) is 13.1. The summed E-state index contributed by atoms with van der Waals surface area (Å²) in [7, 11) is 3.33. The minimum atomic E-state index is -0.456. The lowest BCUT2D eigenvalue weighted by molar-refractivity contribution is 0.0600. The lowest BCUT2D eigenvalue weighted by atomic mass is 10.1. The molecule has 0 unspecified atom stereocenters. The maximum atomic E-state index is 12.3. The van der Waals surface area contributed by atoms with Crippen LogP contribution < -0.4 is 5.32 Å². The molecule has 120 valence electrons. The molecule has 0 aliphatic carbocycles. The van der Waals surface area contributed by atoms with E-state index < -0.39 is 5.97 Å². The Morgan fingerprint density at radius 1 is 1.30 bits per heavy atom. The molecule has 1 aliphatic rings. The fourth-order valence-electron chi connectivity index (χ4n) is 2.69. The van der Waals surface area contributed by atoms with Gasteiger partial charge < -0.3 is 14.2 Å². The Kier molecular flexibility index (Phi) is 4.01. The van der Waals surface area contributed by atoms with E-state index in [1.807, 2.05) is 19.3 Å². The molecule has 0 saturated carbocycles. The zero-order chi connectivity index (χ0) is 16.4. The summed E-state index contributed by atoms with van der Waals surface area (Å²) in [5.74, 6) is -0.0514. The monoisotopic (exact) mass is 314 g/mol. The summed E-state index contributed by atoms with van der Waals surface area (Å²) in [6, 6.07) is 5.00. The van der Waals surface area contributed by atoms with Crippen LogP contribution in [0.3, 0.4) is 0 Å². The number of rotatable bonds is 2. The van der Waals surface area contributed by atoms with E-state index in [2.05, 4.69) is 19.6 Å². The quantitative estimate of drug-likeness (QED) is 0.858. The number of anilines is 1. The van der Waals surface area contributed by atoms with Gasteiger partial charge in [-0.1, -0.05) is 0 Å². The van der Waals surface area contributed by atoms with Crippen molar-refractivity contribution in [2.24, 2.45) is 7.05 Å². The number of carbonyl (C=O) groups excluding carboxylic acids is 2. The second-order valence-electron chi connectivity index (χ2n) is 5.42. The number of nitrogens with zero attached hydrogens (tertiary/aromatic N) is 3. The second kappa shape index (κ2) is 6.12. The predicted octanol–water partition coefficient (Wildman–Crippen LogP) is 1.80. The molecule has 1 N–H and O–H groups in total. The van der Waals surface area contributed by atoms with Gasteiger partial charge in [-0.2, -0.15) is 0 Å². The van der Waals surface area contributed by atoms with Crippen LogP contribution in [0.25, 0.3) is 0 Å². The predicted molar refractivity (Wildman–Crippen MR) is 84.1 cm³/mol. The number of ether oxygens (including phenoxy) is 1. The molecule has 7 heteroatoms. The fraction of sp³-hybridized carbons (Fsp3) is 0.312. The van der Waals surface area contributed by atoms with E-state index >= 15 is 0 Å². The standard InChI is InChI=1S/C16H18N4O3/c1-19-7-5-12-10-20(8-6-13(12)19)16(22)18-14-4-3-11(9-17-14)15(21)23-2/h3-5,7,9H,6,8,10H2,1-2H3,(H,17,18,22). The third-order valence-corrected chi connectivity index (χ3v) is 3.98. The molecule has 2 aromatic heterocycles. The molecule has 0 fully saturated rings. The van der Waals surface area contributed by atoms with Crippen LogP contribution in [0.4, 0.5) is 10.6 Å². The summed E-state index contributed by atoms with van der Waals surface area (Å²) >= 11 is 0. The highest BCUT2D eigenvalue weighted by Gasteiger charge is 2.22. The van der Waals surface area contributed by atoms with E-state index in [1.165, 1.54) is 24.6 Å². The number of aromatic nitrogens is 2. The molecular formula is C16H18N4O3. The van der Waals surface area contributed by atoms with E-state index in [4.69, 9.17) is 0 Å². The minimum Gasteiger partial charge on any atom is -0.465 e. The van der Waals surface area contributed by atoms with Crippen LogP contribution >= 0.6 is 0 Å². The van der Waals surface area contributed by atoms with Crippen molar-refractivity contribution in [3.63, 3.8) is 0 Å². The summed E-state index contributed by atoms with van der Waals surface area (Å²) in [5, 5.41) is 2.75. The van der Waals surface area contributed by atoms with Crippen LogP contribution in [0.2, 0.25) is 0 Å². The van der Waals surface area contributed by atoms with Gasteiger partial charge in [0.15, 0.2) is 0 Å². The van der Waals surface area contributed by atoms with Crippen molar-refractivity contribution in [1.29, 1.82) is 0 Å². The minimum absolute atomic E-state index is 0.196. The average Bonchev–Trinajstić information content (AvgIpc) is 2.95. The van der Waals surface area contributed by atoms with Crippen LogP contribution in [0.15, 0.2) is 30.6 Å². The first-order chi connectivity index (χ1) is 11.1. The van der Waals surface area contributed by atoms with Crippen LogP contribution in [-0.2, 0) is 24.8 Å². The molecule has 0 atom stereocenters. The maximum Gasteiger partial charge on any atom is 0.339 e. The zero-order valence-electron chi connectivity index (χ0n) is 13.1. The smallest absolute Gasteiger partial charge is 0.339 e. The van der Waals surface area contributed by atoms with Gasteiger partial charge in [-0.15, -0.1) is 0 Å². The Morgan fingerprint density at radius 2 is 2.13 bits per heavy atom. The summed E-state index contributed by atoms with van der Waals surface area (Å²) in [6.07, 6.45) is 4.23. The first-order valence-corrected chi connectivity index (χ1v) is 7.32. The number of methoxy groups -OCH3 is 1. The summed E-state index contributed by atoms with van der Waals surface area (Å²) in [5.41, 5.74) is 2.79. The van der Waals surface area contributed by atoms with Gasteiger partial charge in [0.05, 0.1) is 12.7 Å². The molecule has 3 rings (SSSR count). The van der Waals surface area contributed by atoms with Gasteiger partial charge in [-0.3, -0.25) is 5.32 Å².